The molecule has 2 rings (SSSR count). The number of amides is 2. The first kappa shape index (κ1) is 15.1. The molecule has 0 unspecified atom stereocenters. The molecule has 0 atom stereocenters. The molecule has 0 bridgehead atoms. The lowest BCUT2D eigenvalue weighted by molar-refractivity contribution is -0.137. The van der Waals surface area contributed by atoms with Crippen molar-refractivity contribution in [1.29, 1.82) is 0 Å². The van der Waals surface area contributed by atoms with Gasteiger partial charge in [-0.2, -0.15) is 0 Å². The van der Waals surface area contributed by atoms with E-state index < -0.39 is 5.97 Å². The third-order valence-corrected chi connectivity index (χ3v) is 5.01. The number of piperidine rings is 1. The second-order valence-electron chi connectivity index (χ2n) is 6.20. The molecule has 1 aliphatic carbocycles. The number of rotatable bonds is 4. The number of likely N-dealkylation sites (tertiary alicyclic amines) is 1. The summed E-state index contributed by atoms with van der Waals surface area (Å²) >= 11 is 0. The molecular weight excluding hydrogens is 256 g/mol. The molecule has 5 heteroatoms. The Hall–Kier alpha value is -1.26. The summed E-state index contributed by atoms with van der Waals surface area (Å²) in [6.07, 6.45) is 7.60. The number of carbonyl (C=O) groups excluding carboxylic acids is 1. The van der Waals surface area contributed by atoms with Crippen LogP contribution in [0, 0.1) is 5.41 Å². The van der Waals surface area contributed by atoms with E-state index in [1.807, 2.05) is 11.8 Å². The number of urea groups is 1. The highest BCUT2D eigenvalue weighted by molar-refractivity contribution is 5.75. The highest BCUT2D eigenvalue weighted by Gasteiger charge is 2.38. The molecule has 1 N–H and O–H groups in total. The zero-order valence-electron chi connectivity index (χ0n) is 12.4. The lowest BCUT2D eigenvalue weighted by Gasteiger charge is -2.41. The van der Waals surface area contributed by atoms with Crippen LogP contribution in [0.25, 0.3) is 0 Å². The first-order valence-corrected chi connectivity index (χ1v) is 7.82. The number of carboxylic acid groups (broad SMARTS) is 1. The van der Waals surface area contributed by atoms with Crippen LogP contribution in [0.4, 0.5) is 4.79 Å². The summed E-state index contributed by atoms with van der Waals surface area (Å²) in [5.74, 6) is -0.847. The van der Waals surface area contributed by atoms with Gasteiger partial charge in [0.25, 0.3) is 0 Å². The Morgan fingerprint density at radius 2 is 1.75 bits per heavy atom. The van der Waals surface area contributed by atoms with Crippen molar-refractivity contribution in [3.05, 3.63) is 0 Å². The first-order chi connectivity index (χ1) is 9.56. The summed E-state index contributed by atoms with van der Waals surface area (Å²) in [5.41, 5.74) is 0.509. The van der Waals surface area contributed by atoms with Crippen molar-refractivity contribution < 1.29 is 14.7 Å². The zero-order chi connectivity index (χ0) is 14.6. The molecule has 0 aromatic carbocycles. The van der Waals surface area contributed by atoms with Crippen molar-refractivity contribution in [2.45, 2.75) is 51.9 Å². The Balaban J connectivity index is 1.84. The minimum absolute atomic E-state index is 0.0154. The van der Waals surface area contributed by atoms with E-state index in [0.717, 1.165) is 25.9 Å². The molecule has 0 aromatic rings. The van der Waals surface area contributed by atoms with Crippen molar-refractivity contribution in [3.8, 4) is 0 Å². The number of carbonyl (C=O) groups is 2. The van der Waals surface area contributed by atoms with Gasteiger partial charge in [-0.25, -0.2) is 4.79 Å². The third kappa shape index (κ3) is 3.44. The molecule has 1 heterocycles. The standard InChI is InChI=1S/C15H26N2O3/c1-2-16(10-5-13(18)19)14(20)17-11-8-15(9-12-17)6-3-4-7-15/h2-12H2,1H3,(H,18,19). The molecular formula is C15H26N2O3. The summed E-state index contributed by atoms with van der Waals surface area (Å²) in [6, 6.07) is 0.0154. The number of carboxylic acids is 1. The van der Waals surface area contributed by atoms with Crippen LogP contribution < -0.4 is 0 Å². The Morgan fingerprint density at radius 3 is 2.25 bits per heavy atom. The van der Waals surface area contributed by atoms with E-state index in [1.165, 1.54) is 25.7 Å². The molecule has 1 aliphatic heterocycles. The molecule has 2 amide bonds. The fourth-order valence-electron chi connectivity index (χ4n) is 3.62. The Morgan fingerprint density at radius 1 is 1.15 bits per heavy atom. The van der Waals surface area contributed by atoms with E-state index in [2.05, 4.69) is 0 Å². The fourth-order valence-corrected chi connectivity index (χ4v) is 3.62. The van der Waals surface area contributed by atoms with E-state index in [-0.39, 0.29) is 12.5 Å². The van der Waals surface area contributed by atoms with Gasteiger partial charge in [0.15, 0.2) is 0 Å². The van der Waals surface area contributed by atoms with Crippen LogP contribution in [0.3, 0.4) is 0 Å². The molecule has 20 heavy (non-hydrogen) atoms. The molecule has 5 nitrogen and oxygen atoms in total. The average molecular weight is 282 g/mol. The van der Waals surface area contributed by atoms with E-state index in [9.17, 15) is 9.59 Å². The van der Waals surface area contributed by atoms with Crippen molar-refractivity contribution in [3.63, 3.8) is 0 Å². The highest BCUT2D eigenvalue weighted by Crippen LogP contribution is 2.46. The number of nitrogens with zero attached hydrogens (tertiary/aromatic N) is 2. The molecule has 2 fully saturated rings. The maximum Gasteiger partial charge on any atom is 0.320 e. The minimum Gasteiger partial charge on any atom is -0.481 e. The van der Waals surface area contributed by atoms with Crippen LogP contribution >= 0.6 is 0 Å². The van der Waals surface area contributed by atoms with Gasteiger partial charge < -0.3 is 14.9 Å². The van der Waals surface area contributed by atoms with Crippen molar-refractivity contribution in [2.75, 3.05) is 26.2 Å². The second-order valence-corrected chi connectivity index (χ2v) is 6.20. The van der Waals surface area contributed by atoms with E-state index in [1.54, 1.807) is 4.90 Å². The minimum atomic E-state index is -0.847. The van der Waals surface area contributed by atoms with Gasteiger partial charge in [0, 0.05) is 26.2 Å². The maximum absolute atomic E-state index is 12.4. The van der Waals surface area contributed by atoms with Crippen LogP contribution in [-0.2, 0) is 4.79 Å². The van der Waals surface area contributed by atoms with Crippen molar-refractivity contribution in [1.82, 2.24) is 9.80 Å². The van der Waals surface area contributed by atoms with Gasteiger partial charge >= 0.3 is 12.0 Å². The van der Waals surface area contributed by atoms with Gasteiger partial charge in [0.05, 0.1) is 6.42 Å². The number of hydrogen-bond acceptors (Lipinski definition) is 2. The van der Waals surface area contributed by atoms with Crippen LogP contribution in [0.1, 0.15) is 51.9 Å². The predicted molar refractivity (Wildman–Crippen MR) is 76.6 cm³/mol. The molecule has 2 aliphatic rings. The molecule has 1 spiro atoms. The van der Waals surface area contributed by atoms with Crippen molar-refractivity contribution >= 4 is 12.0 Å². The van der Waals surface area contributed by atoms with Crippen molar-refractivity contribution in [2.24, 2.45) is 5.41 Å². The lowest BCUT2D eigenvalue weighted by Crippen LogP contribution is -2.49. The Bertz CT molecular complexity index is 354. The number of hydrogen-bond donors (Lipinski definition) is 1. The lowest BCUT2D eigenvalue weighted by atomic mass is 9.77. The molecule has 0 aromatic heterocycles. The monoisotopic (exact) mass is 282 g/mol. The molecule has 114 valence electrons. The Labute approximate surface area is 120 Å². The topological polar surface area (TPSA) is 60.9 Å². The Kier molecular flexibility index (Phi) is 4.89. The quantitative estimate of drug-likeness (QED) is 0.862. The van der Waals surface area contributed by atoms with Gasteiger partial charge in [0.2, 0.25) is 0 Å². The van der Waals surface area contributed by atoms with E-state index in [4.69, 9.17) is 5.11 Å². The predicted octanol–water partition coefficient (Wildman–Crippen LogP) is 2.56. The zero-order valence-corrected chi connectivity index (χ0v) is 12.4. The van der Waals surface area contributed by atoms with E-state index >= 15 is 0 Å². The molecule has 1 saturated heterocycles. The molecule has 0 radical (unpaired) electrons. The van der Waals surface area contributed by atoms with Gasteiger partial charge in [-0.05, 0) is 38.0 Å². The van der Waals surface area contributed by atoms with Crippen LogP contribution in [0.15, 0.2) is 0 Å². The second kappa shape index (κ2) is 6.46. The summed E-state index contributed by atoms with van der Waals surface area (Å²) in [4.78, 5) is 26.6. The van der Waals surface area contributed by atoms with Gasteiger partial charge in [-0.1, -0.05) is 12.8 Å². The largest absolute Gasteiger partial charge is 0.481 e. The van der Waals surface area contributed by atoms with Gasteiger partial charge in [-0.3, -0.25) is 4.79 Å². The van der Waals surface area contributed by atoms with Gasteiger partial charge in [0.1, 0.15) is 0 Å². The highest BCUT2D eigenvalue weighted by atomic mass is 16.4. The normalized spacial score (nSPS) is 21.1. The SMILES string of the molecule is CCN(CCC(=O)O)C(=O)N1CCC2(CCCC2)CC1. The summed E-state index contributed by atoms with van der Waals surface area (Å²) < 4.78 is 0. The summed E-state index contributed by atoms with van der Waals surface area (Å²) in [5, 5.41) is 8.74. The fraction of sp³-hybridized carbons (Fsp3) is 0.867. The maximum atomic E-state index is 12.4. The average Bonchev–Trinajstić information content (AvgIpc) is 2.88. The van der Waals surface area contributed by atoms with Crippen LogP contribution in [0.2, 0.25) is 0 Å². The van der Waals surface area contributed by atoms with Crippen LogP contribution in [-0.4, -0.2) is 53.1 Å². The van der Waals surface area contributed by atoms with Gasteiger partial charge in [-0.15, -0.1) is 0 Å². The third-order valence-electron chi connectivity index (χ3n) is 5.01. The summed E-state index contributed by atoms with van der Waals surface area (Å²) in [7, 11) is 0. The smallest absolute Gasteiger partial charge is 0.320 e. The molecule has 1 saturated carbocycles. The number of aliphatic carboxylic acids is 1. The van der Waals surface area contributed by atoms with E-state index in [0.29, 0.717) is 18.5 Å². The summed E-state index contributed by atoms with van der Waals surface area (Å²) in [6.45, 7) is 4.47. The first-order valence-electron chi connectivity index (χ1n) is 7.82. The van der Waals surface area contributed by atoms with Crippen LogP contribution in [0.5, 0.6) is 0 Å².